The van der Waals surface area contributed by atoms with Crippen molar-refractivity contribution in [3.05, 3.63) is 18.0 Å². The molecular weight excluding hydrogens is 222 g/mol. The summed E-state index contributed by atoms with van der Waals surface area (Å²) in [5.41, 5.74) is 7.22. The summed E-state index contributed by atoms with van der Waals surface area (Å²) in [7, 11) is 0. The molecular formula is C15H29N3. The SMILES string of the molecule is CCCCCCCCn1cc(CC(N)CC)cn1. The Bertz CT molecular complexity index is 306. The summed E-state index contributed by atoms with van der Waals surface area (Å²) in [4.78, 5) is 0. The minimum absolute atomic E-state index is 0.275. The minimum atomic E-state index is 0.275. The molecule has 1 heterocycles. The van der Waals surface area contributed by atoms with Gasteiger partial charge in [0.15, 0.2) is 0 Å². The van der Waals surface area contributed by atoms with E-state index >= 15 is 0 Å². The van der Waals surface area contributed by atoms with Gasteiger partial charge in [-0.1, -0.05) is 46.0 Å². The van der Waals surface area contributed by atoms with Crippen LogP contribution in [0.1, 0.15) is 64.4 Å². The van der Waals surface area contributed by atoms with E-state index in [-0.39, 0.29) is 6.04 Å². The first-order valence-electron chi connectivity index (χ1n) is 7.53. The van der Waals surface area contributed by atoms with Crippen LogP contribution in [0, 0.1) is 0 Å². The average Bonchev–Trinajstić information content (AvgIpc) is 2.81. The van der Waals surface area contributed by atoms with Crippen molar-refractivity contribution in [3.63, 3.8) is 0 Å². The van der Waals surface area contributed by atoms with E-state index in [2.05, 4.69) is 29.8 Å². The third kappa shape index (κ3) is 6.20. The summed E-state index contributed by atoms with van der Waals surface area (Å²) in [6, 6.07) is 0.275. The molecule has 0 aliphatic rings. The van der Waals surface area contributed by atoms with Gasteiger partial charge in [-0.05, 0) is 24.8 Å². The van der Waals surface area contributed by atoms with Gasteiger partial charge in [-0.2, -0.15) is 5.10 Å². The van der Waals surface area contributed by atoms with Gasteiger partial charge >= 0.3 is 0 Å². The quantitative estimate of drug-likeness (QED) is 0.647. The predicted octanol–water partition coefficient (Wildman–Crippen LogP) is 3.52. The zero-order valence-electron chi connectivity index (χ0n) is 12.1. The fraction of sp³-hybridized carbons (Fsp3) is 0.800. The van der Waals surface area contributed by atoms with Crippen LogP contribution in [0.15, 0.2) is 12.4 Å². The standard InChI is InChI=1S/C15H29N3/c1-3-5-6-7-8-9-10-18-13-14(12-17-18)11-15(16)4-2/h12-13,15H,3-11,16H2,1-2H3. The molecule has 0 saturated carbocycles. The van der Waals surface area contributed by atoms with Gasteiger partial charge in [-0.15, -0.1) is 0 Å². The van der Waals surface area contributed by atoms with Crippen LogP contribution in [0.3, 0.4) is 0 Å². The highest BCUT2D eigenvalue weighted by Gasteiger charge is 2.03. The molecule has 0 aliphatic carbocycles. The van der Waals surface area contributed by atoms with Crippen molar-refractivity contribution >= 4 is 0 Å². The molecule has 1 aromatic rings. The summed E-state index contributed by atoms with van der Waals surface area (Å²) >= 11 is 0. The molecule has 2 N–H and O–H groups in total. The normalized spacial score (nSPS) is 12.8. The van der Waals surface area contributed by atoms with E-state index in [0.717, 1.165) is 19.4 Å². The minimum Gasteiger partial charge on any atom is -0.327 e. The van der Waals surface area contributed by atoms with Crippen LogP contribution in [0.25, 0.3) is 0 Å². The third-order valence-corrected chi connectivity index (χ3v) is 3.45. The van der Waals surface area contributed by atoms with E-state index in [4.69, 9.17) is 5.73 Å². The van der Waals surface area contributed by atoms with Crippen molar-refractivity contribution in [2.45, 2.75) is 77.8 Å². The van der Waals surface area contributed by atoms with Gasteiger partial charge in [0, 0.05) is 18.8 Å². The molecule has 0 spiro atoms. The van der Waals surface area contributed by atoms with E-state index in [9.17, 15) is 0 Å². The molecule has 1 atom stereocenters. The van der Waals surface area contributed by atoms with E-state index in [1.165, 1.54) is 44.1 Å². The molecule has 1 aromatic heterocycles. The first-order chi connectivity index (χ1) is 8.76. The Kier molecular flexibility index (Phi) is 7.74. The van der Waals surface area contributed by atoms with E-state index < -0.39 is 0 Å². The van der Waals surface area contributed by atoms with Crippen molar-refractivity contribution < 1.29 is 0 Å². The monoisotopic (exact) mass is 251 g/mol. The number of unbranched alkanes of at least 4 members (excludes halogenated alkanes) is 5. The summed E-state index contributed by atoms with van der Waals surface area (Å²) in [5, 5.41) is 4.40. The molecule has 0 radical (unpaired) electrons. The first-order valence-corrected chi connectivity index (χ1v) is 7.53. The van der Waals surface area contributed by atoms with Crippen LogP contribution in [-0.4, -0.2) is 15.8 Å². The number of aromatic nitrogens is 2. The summed E-state index contributed by atoms with van der Waals surface area (Å²) in [6.07, 6.45) is 14.1. The van der Waals surface area contributed by atoms with Gasteiger partial charge in [0.2, 0.25) is 0 Å². The van der Waals surface area contributed by atoms with Crippen LogP contribution >= 0.6 is 0 Å². The molecule has 3 nitrogen and oxygen atoms in total. The average molecular weight is 251 g/mol. The molecule has 0 aliphatic heterocycles. The van der Waals surface area contributed by atoms with Gasteiger partial charge in [0.05, 0.1) is 6.20 Å². The highest BCUT2D eigenvalue weighted by atomic mass is 15.3. The van der Waals surface area contributed by atoms with Gasteiger partial charge in [-0.3, -0.25) is 4.68 Å². The molecule has 0 amide bonds. The lowest BCUT2D eigenvalue weighted by Gasteiger charge is -2.05. The molecule has 1 rings (SSSR count). The maximum absolute atomic E-state index is 5.95. The first kappa shape index (κ1) is 15.2. The maximum Gasteiger partial charge on any atom is 0.0522 e. The Morgan fingerprint density at radius 3 is 2.61 bits per heavy atom. The molecule has 0 aromatic carbocycles. The Balaban J connectivity index is 2.15. The topological polar surface area (TPSA) is 43.8 Å². The van der Waals surface area contributed by atoms with E-state index in [0.29, 0.717) is 0 Å². The third-order valence-electron chi connectivity index (χ3n) is 3.45. The lowest BCUT2D eigenvalue weighted by atomic mass is 10.1. The van der Waals surface area contributed by atoms with Gasteiger partial charge < -0.3 is 5.73 Å². The number of nitrogens with zero attached hydrogens (tertiary/aromatic N) is 2. The Morgan fingerprint density at radius 2 is 1.89 bits per heavy atom. The van der Waals surface area contributed by atoms with Crippen LogP contribution in [0.2, 0.25) is 0 Å². The maximum atomic E-state index is 5.95. The molecule has 1 unspecified atom stereocenters. The van der Waals surface area contributed by atoms with E-state index in [1.54, 1.807) is 0 Å². The second kappa shape index (κ2) is 9.15. The van der Waals surface area contributed by atoms with Crippen molar-refractivity contribution in [2.75, 3.05) is 0 Å². The lowest BCUT2D eigenvalue weighted by molar-refractivity contribution is 0.527. The van der Waals surface area contributed by atoms with Crippen molar-refractivity contribution in [3.8, 4) is 0 Å². The molecule has 18 heavy (non-hydrogen) atoms. The summed E-state index contributed by atoms with van der Waals surface area (Å²) in [6.45, 7) is 5.44. The zero-order chi connectivity index (χ0) is 13.2. The number of rotatable bonds is 10. The number of aryl methyl sites for hydroxylation is 1. The lowest BCUT2D eigenvalue weighted by Crippen LogP contribution is -2.21. The fourth-order valence-electron chi connectivity index (χ4n) is 2.14. The Labute approximate surface area is 112 Å². The van der Waals surface area contributed by atoms with Crippen LogP contribution in [0.5, 0.6) is 0 Å². The highest BCUT2D eigenvalue weighted by Crippen LogP contribution is 2.08. The van der Waals surface area contributed by atoms with E-state index in [1.807, 2.05) is 6.20 Å². The van der Waals surface area contributed by atoms with Crippen LogP contribution in [0.4, 0.5) is 0 Å². The molecule has 104 valence electrons. The largest absolute Gasteiger partial charge is 0.327 e. The smallest absolute Gasteiger partial charge is 0.0522 e. The second-order valence-corrected chi connectivity index (χ2v) is 5.25. The molecule has 0 saturated heterocycles. The van der Waals surface area contributed by atoms with Gasteiger partial charge in [0.1, 0.15) is 0 Å². The number of hydrogen-bond donors (Lipinski definition) is 1. The molecule has 0 fully saturated rings. The van der Waals surface area contributed by atoms with Crippen LogP contribution in [-0.2, 0) is 13.0 Å². The highest BCUT2D eigenvalue weighted by molar-refractivity contribution is 5.05. The Hall–Kier alpha value is -0.830. The fourth-order valence-corrected chi connectivity index (χ4v) is 2.14. The summed E-state index contributed by atoms with van der Waals surface area (Å²) in [5.74, 6) is 0. The Morgan fingerprint density at radius 1 is 1.17 bits per heavy atom. The van der Waals surface area contributed by atoms with Crippen molar-refractivity contribution in [1.29, 1.82) is 0 Å². The van der Waals surface area contributed by atoms with Gasteiger partial charge in [-0.25, -0.2) is 0 Å². The molecule has 0 bridgehead atoms. The predicted molar refractivity (Wildman–Crippen MR) is 77.6 cm³/mol. The number of nitrogens with two attached hydrogens (primary N) is 1. The number of hydrogen-bond acceptors (Lipinski definition) is 2. The zero-order valence-corrected chi connectivity index (χ0v) is 12.1. The second-order valence-electron chi connectivity index (χ2n) is 5.25. The van der Waals surface area contributed by atoms with Crippen molar-refractivity contribution in [2.24, 2.45) is 5.73 Å². The molecule has 3 heteroatoms. The van der Waals surface area contributed by atoms with Crippen molar-refractivity contribution in [1.82, 2.24) is 9.78 Å². The van der Waals surface area contributed by atoms with Gasteiger partial charge in [0.25, 0.3) is 0 Å². The summed E-state index contributed by atoms with van der Waals surface area (Å²) < 4.78 is 2.07. The van der Waals surface area contributed by atoms with Crippen LogP contribution < -0.4 is 5.73 Å².